The van der Waals surface area contributed by atoms with Crippen LogP contribution in [0.4, 0.5) is 0 Å². The normalized spacial score (nSPS) is 14.5. The van der Waals surface area contributed by atoms with Crippen molar-refractivity contribution in [2.45, 2.75) is 30.9 Å². The molecule has 0 amide bonds. The average Bonchev–Trinajstić information content (AvgIpc) is 2.58. The van der Waals surface area contributed by atoms with Crippen LogP contribution in [-0.4, -0.2) is 44.0 Å². The van der Waals surface area contributed by atoms with E-state index in [0.717, 1.165) is 0 Å². The lowest BCUT2D eigenvalue weighted by Crippen LogP contribution is -2.48. The van der Waals surface area contributed by atoms with E-state index >= 15 is 0 Å². The Kier molecular flexibility index (Phi) is 7.93. The van der Waals surface area contributed by atoms with Gasteiger partial charge in [-0.3, -0.25) is 9.59 Å². The highest BCUT2D eigenvalue weighted by Gasteiger charge is 2.31. The summed E-state index contributed by atoms with van der Waals surface area (Å²) in [6, 6.07) is 5.02. The van der Waals surface area contributed by atoms with Gasteiger partial charge >= 0.3 is 5.97 Å². The van der Waals surface area contributed by atoms with Crippen molar-refractivity contribution in [3.05, 3.63) is 40.6 Å². The molecule has 146 valence electrons. The topological polar surface area (TPSA) is 160 Å². The summed E-state index contributed by atoms with van der Waals surface area (Å²) < 4.78 is 31.4. The minimum atomic E-state index is -4.18. The molecule has 2 unspecified atom stereocenters. The molecule has 0 heterocycles. The van der Waals surface area contributed by atoms with Gasteiger partial charge in [-0.1, -0.05) is 11.6 Å². The molecular formula is C16H18ClN3O6S. The van der Waals surface area contributed by atoms with Gasteiger partial charge in [0.25, 0.3) is 0 Å². The van der Waals surface area contributed by atoms with Crippen molar-refractivity contribution < 1.29 is 27.9 Å². The molecule has 27 heavy (non-hydrogen) atoms. The molecule has 0 bridgehead atoms. The number of benzene rings is 1. The predicted octanol–water partition coefficient (Wildman–Crippen LogP) is 0.236. The Bertz CT molecular complexity index is 884. The van der Waals surface area contributed by atoms with Crippen molar-refractivity contribution in [1.29, 1.82) is 5.26 Å². The number of allylic oxidation sites excluding steroid dienone is 1. The largest absolute Gasteiger partial charge is 0.456 e. The number of nitriles is 1. The summed E-state index contributed by atoms with van der Waals surface area (Å²) in [6.45, 7) is 1.67. The molecule has 11 heteroatoms. The molecule has 0 saturated carbocycles. The third-order valence-electron chi connectivity index (χ3n) is 3.27. The van der Waals surface area contributed by atoms with Gasteiger partial charge < -0.3 is 15.6 Å². The van der Waals surface area contributed by atoms with Crippen molar-refractivity contribution in [2.24, 2.45) is 5.73 Å². The van der Waals surface area contributed by atoms with Crippen molar-refractivity contribution >= 4 is 33.4 Å². The molecule has 1 aromatic carbocycles. The summed E-state index contributed by atoms with van der Waals surface area (Å²) in [7, 11) is -4.18. The molecule has 1 aromatic rings. The van der Waals surface area contributed by atoms with Crippen LogP contribution in [0.1, 0.15) is 13.8 Å². The minimum Gasteiger partial charge on any atom is -0.456 e. The first-order chi connectivity index (χ1) is 12.5. The number of nitrogens with one attached hydrogen (secondary N) is 1. The first kappa shape index (κ1) is 22.6. The Morgan fingerprint density at radius 2 is 1.93 bits per heavy atom. The number of hydrogen-bond acceptors (Lipinski definition) is 8. The van der Waals surface area contributed by atoms with Crippen molar-refractivity contribution in [2.75, 3.05) is 6.61 Å². The second kappa shape index (κ2) is 9.48. The highest BCUT2D eigenvalue weighted by molar-refractivity contribution is 7.89. The molecule has 0 aliphatic rings. The Hall–Kier alpha value is -2.45. The Balaban J connectivity index is 2.91. The second-order valence-corrected chi connectivity index (χ2v) is 7.64. The number of Topliss-reactive ketones (excluding diaryl/α,β-unsaturated/α-hetero) is 1. The van der Waals surface area contributed by atoms with Crippen LogP contribution in [0.3, 0.4) is 0 Å². The maximum atomic E-state index is 12.3. The summed E-state index contributed by atoms with van der Waals surface area (Å²) in [4.78, 5) is 23.7. The summed E-state index contributed by atoms with van der Waals surface area (Å²) in [5.74, 6) is -2.04. The monoisotopic (exact) mass is 415 g/mol. The summed E-state index contributed by atoms with van der Waals surface area (Å²) in [5, 5.41) is 18.9. The molecule has 0 saturated heterocycles. The van der Waals surface area contributed by atoms with Gasteiger partial charge in [0.15, 0.2) is 6.61 Å². The average molecular weight is 416 g/mol. The Morgan fingerprint density at radius 1 is 1.37 bits per heavy atom. The fourth-order valence-corrected chi connectivity index (χ4v) is 3.25. The van der Waals surface area contributed by atoms with Gasteiger partial charge in [-0.15, -0.1) is 0 Å². The van der Waals surface area contributed by atoms with Crippen LogP contribution in [0.15, 0.2) is 40.4 Å². The van der Waals surface area contributed by atoms with Crippen molar-refractivity contribution in [3.63, 3.8) is 0 Å². The van der Waals surface area contributed by atoms with E-state index in [-0.39, 0.29) is 16.2 Å². The number of carbonyl (C=O) groups excluding carboxylic acids is 2. The van der Waals surface area contributed by atoms with Gasteiger partial charge in [-0.25, -0.2) is 8.42 Å². The molecule has 4 N–H and O–H groups in total. The molecular weight excluding hydrogens is 398 g/mol. The van der Waals surface area contributed by atoms with Crippen LogP contribution in [0.25, 0.3) is 0 Å². The van der Waals surface area contributed by atoms with Gasteiger partial charge in [0.2, 0.25) is 15.8 Å². The SMILES string of the molecule is C/C(N)=C(\C#N)C(=O)COC(=O)C(NS(=O)(=O)c1ccc(Cl)cc1)C(C)O. The maximum absolute atomic E-state index is 12.3. The molecule has 0 fully saturated rings. The second-order valence-electron chi connectivity index (χ2n) is 5.49. The number of hydrogen-bond donors (Lipinski definition) is 3. The number of sulfonamides is 1. The van der Waals surface area contributed by atoms with E-state index in [0.29, 0.717) is 5.02 Å². The zero-order valence-electron chi connectivity index (χ0n) is 14.5. The number of esters is 1. The van der Waals surface area contributed by atoms with Crippen LogP contribution in [0, 0.1) is 11.3 Å². The Morgan fingerprint density at radius 3 is 2.37 bits per heavy atom. The number of halogens is 1. The lowest BCUT2D eigenvalue weighted by molar-refractivity contribution is -0.151. The fourth-order valence-electron chi connectivity index (χ4n) is 1.86. The zero-order chi connectivity index (χ0) is 20.8. The van der Waals surface area contributed by atoms with Gasteiger partial charge in [0.1, 0.15) is 17.7 Å². The lowest BCUT2D eigenvalue weighted by atomic mass is 10.1. The first-order valence-electron chi connectivity index (χ1n) is 7.52. The van der Waals surface area contributed by atoms with Gasteiger partial charge in [-0.05, 0) is 38.1 Å². The van der Waals surface area contributed by atoms with Gasteiger partial charge in [0.05, 0.1) is 11.0 Å². The number of ether oxygens (including phenoxy) is 1. The van der Waals surface area contributed by atoms with E-state index in [1.165, 1.54) is 38.1 Å². The summed E-state index contributed by atoms with van der Waals surface area (Å²) >= 11 is 5.70. The van der Waals surface area contributed by atoms with Gasteiger partial charge in [-0.2, -0.15) is 9.98 Å². The number of carbonyl (C=O) groups is 2. The number of aliphatic hydroxyl groups excluding tert-OH is 1. The standard InChI is InChI=1S/C16H18ClN3O6S/c1-9(19)13(7-18)14(22)8-26-16(23)15(10(2)21)20-27(24,25)12-5-3-11(17)4-6-12/h3-6,10,15,20-21H,8,19H2,1-2H3/b13-9-. The zero-order valence-corrected chi connectivity index (χ0v) is 16.0. The Labute approximate surface area is 161 Å². The fraction of sp³-hybridized carbons (Fsp3) is 0.312. The van der Waals surface area contributed by atoms with E-state index in [1.54, 1.807) is 6.07 Å². The molecule has 0 aliphatic carbocycles. The number of nitrogens with two attached hydrogens (primary N) is 1. The van der Waals surface area contributed by atoms with Crippen molar-refractivity contribution in [1.82, 2.24) is 4.72 Å². The first-order valence-corrected chi connectivity index (χ1v) is 9.38. The predicted molar refractivity (Wildman–Crippen MR) is 95.7 cm³/mol. The number of ketones is 1. The maximum Gasteiger partial charge on any atom is 0.327 e. The molecule has 0 spiro atoms. The third kappa shape index (κ3) is 6.33. The van der Waals surface area contributed by atoms with Crippen LogP contribution in [-0.2, 0) is 24.3 Å². The third-order valence-corrected chi connectivity index (χ3v) is 4.98. The summed E-state index contributed by atoms with van der Waals surface area (Å²) in [5.41, 5.74) is 4.95. The molecule has 2 atom stereocenters. The molecule has 0 radical (unpaired) electrons. The van der Waals surface area contributed by atoms with Crippen molar-refractivity contribution in [3.8, 4) is 6.07 Å². The summed E-state index contributed by atoms with van der Waals surface area (Å²) in [6.07, 6.45) is -1.46. The molecule has 9 nitrogen and oxygen atoms in total. The van der Waals surface area contributed by atoms with Crippen LogP contribution in [0.5, 0.6) is 0 Å². The molecule has 0 aliphatic heterocycles. The van der Waals surface area contributed by atoms with Gasteiger partial charge in [0, 0.05) is 10.7 Å². The van der Waals surface area contributed by atoms with Crippen LogP contribution in [0.2, 0.25) is 5.02 Å². The quantitative estimate of drug-likeness (QED) is 0.309. The number of aliphatic hydroxyl groups is 1. The van der Waals surface area contributed by atoms with E-state index in [9.17, 15) is 23.1 Å². The minimum absolute atomic E-state index is 0.0472. The number of rotatable bonds is 8. The van der Waals surface area contributed by atoms with E-state index in [1.807, 2.05) is 4.72 Å². The molecule has 1 rings (SSSR count). The smallest absolute Gasteiger partial charge is 0.327 e. The highest BCUT2D eigenvalue weighted by Crippen LogP contribution is 2.15. The van der Waals surface area contributed by atoms with E-state index in [4.69, 9.17) is 27.3 Å². The van der Waals surface area contributed by atoms with Crippen LogP contribution < -0.4 is 10.5 Å². The van der Waals surface area contributed by atoms with E-state index in [2.05, 4.69) is 0 Å². The van der Waals surface area contributed by atoms with E-state index < -0.39 is 40.5 Å². The lowest BCUT2D eigenvalue weighted by Gasteiger charge is -2.20. The van der Waals surface area contributed by atoms with Crippen LogP contribution >= 0.6 is 11.6 Å². The molecule has 0 aromatic heterocycles. The number of nitrogens with zero attached hydrogens (tertiary/aromatic N) is 1. The highest BCUT2D eigenvalue weighted by atomic mass is 35.5.